The van der Waals surface area contributed by atoms with Crippen molar-refractivity contribution in [3.05, 3.63) is 0 Å². The highest BCUT2D eigenvalue weighted by Gasteiger charge is 2.19. The van der Waals surface area contributed by atoms with Gasteiger partial charge in [0.05, 0.1) is 0 Å². The Balaban J connectivity index is 2.10. The largest absolute Gasteiger partial charge is 0.0894 e. The first-order valence-electron chi connectivity index (χ1n) is 5.86. The Hall–Kier alpha value is 0.480. The molecule has 0 aromatic heterocycles. The van der Waals surface area contributed by atoms with Gasteiger partial charge < -0.3 is 0 Å². The Bertz CT molecular complexity index is 123. The van der Waals surface area contributed by atoms with E-state index in [1.165, 1.54) is 44.9 Å². The van der Waals surface area contributed by atoms with Crippen LogP contribution in [0, 0.1) is 11.8 Å². The average Bonchev–Trinajstić information content (AvgIpc) is 2.15. The summed E-state index contributed by atoms with van der Waals surface area (Å²) in [5, 5.41) is 0. The van der Waals surface area contributed by atoms with Crippen molar-refractivity contribution in [3.63, 3.8) is 0 Å². The van der Waals surface area contributed by atoms with E-state index in [4.69, 9.17) is 0 Å². The molecule has 0 amide bonds. The summed E-state index contributed by atoms with van der Waals surface area (Å²) < 4.78 is 0. The first-order chi connectivity index (χ1) is 6.22. The Labute approximate surface area is 91.6 Å². The predicted octanol–water partition coefficient (Wildman–Crippen LogP) is 4.77. The van der Waals surface area contributed by atoms with Gasteiger partial charge in [-0.3, -0.25) is 0 Å². The molecular formula is C12H23Br. The van der Waals surface area contributed by atoms with Crippen LogP contribution >= 0.6 is 15.9 Å². The van der Waals surface area contributed by atoms with Crippen molar-refractivity contribution in [3.8, 4) is 0 Å². The molecule has 1 aliphatic carbocycles. The number of hydrogen-bond donors (Lipinski definition) is 0. The smallest absolute Gasteiger partial charge is 0.0117 e. The lowest BCUT2D eigenvalue weighted by molar-refractivity contribution is 0.255. The fraction of sp³-hybridized carbons (Fsp3) is 1.00. The molecular weight excluding hydrogens is 224 g/mol. The zero-order chi connectivity index (χ0) is 9.68. The van der Waals surface area contributed by atoms with E-state index >= 15 is 0 Å². The standard InChI is InChI=1S/C12H23Br/c1-3-11-6-8-12(9-7-11)5-4-10(2)13/h10-12H,3-9H2,1-2H3. The first-order valence-corrected chi connectivity index (χ1v) is 6.78. The molecule has 1 rings (SSSR count). The van der Waals surface area contributed by atoms with Crippen LogP contribution in [0.4, 0.5) is 0 Å². The molecule has 0 spiro atoms. The van der Waals surface area contributed by atoms with Crippen LogP contribution in [-0.2, 0) is 0 Å². The number of halogens is 1. The van der Waals surface area contributed by atoms with Gasteiger partial charge in [0.15, 0.2) is 0 Å². The van der Waals surface area contributed by atoms with Crippen LogP contribution in [-0.4, -0.2) is 4.83 Å². The molecule has 0 saturated heterocycles. The molecule has 0 nitrogen and oxygen atoms in total. The van der Waals surface area contributed by atoms with E-state index in [0.717, 1.165) is 16.7 Å². The van der Waals surface area contributed by atoms with E-state index in [2.05, 4.69) is 29.8 Å². The third kappa shape index (κ3) is 4.49. The normalized spacial score (nSPS) is 31.6. The fourth-order valence-corrected chi connectivity index (χ4v) is 2.66. The van der Waals surface area contributed by atoms with Crippen LogP contribution in [0.5, 0.6) is 0 Å². The van der Waals surface area contributed by atoms with Crippen LogP contribution in [0.15, 0.2) is 0 Å². The molecule has 0 radical (unpaired) electrons. The maximum atomic E-state index is 3.63. The lowest BCUT2D eigenvalue weighted by atomic mass is 9.79. The highest BCUT2D eigenvalue weighted by atomic mass is 79.9. The second-order valence-corrected chi connectivity index (χ2v) is 6.22. The molecule has 1 aliphatic rings. The maximum Gasteiger partial charge on any atom is 0.0117 e. The number of alkyl halides is 1. The molecule has 78 valence electrons. The van der Waals surface area contributed by atoms with E-state index in [0.29, 0.717) is 0 Å². The van der Waals surface area contributed by atoms with Gasteiger partial charge in [0.25, 0.3) is 0 Å². The lowest BCUT2D eigenvalue weighted by Crippen LogP contribution is -2.14. The van der Waals surface area contributed by atoms with Crippen molar-refractivity contribution in [1.29, 1.82) is 0 Å². The van der Waals surface area contributed by atoms with Crippen molar-refractivity contribution in [2.45, 2.75) is 63.6 Å². The van der Waals surface area contributed by atoms with Crippen LogP contribution in [0.25, 0.3) is 0 Å². The molecule has 1 saturated carbocycles. The van der Waals surface area contributed by atoms with Gasteiger partial charge in [0, 0.05) is 4.83 Å². The average molecular weight is 247 g/mol. The minimum atomic E-state index is 0.719. The lowest BCUT2D eigenvalue weighted by Gasteiger charge is -2.27. The van der Waals surface area contributed by atoms with E-state index in [-0.39, 0.29) is 0 Å². The third-order valence-electron chi connectivity index (χ3n) is 3.52. The van der Waals surface area contributed by atoms with Gasteiger partial charge in [-0.05, 0) is 24.7 Å². The Morgan fingerprint density at radius 1 is 1.15 bits per heavy atom. The SMILES string of the molecule is CCC1CCC(CCC(C)Br)CC1. The molecule has 1 heteroatoms. The number of rotatable bonds is 4. The summed E-state index contributed by atoms with van der Waals surface area (Å²) in [5.41, 5.74) is 0. The Kier molecular flexibility index (Phi) is 5.38. The van der Waals surface area contributed by atoms with Gasteiger partial charge in [0.2, 0.25) is 0 Å². The summed E-state index contributed by atoms with van der Waals surface area (Å²) in [6, 6.07) is 0. The van der Waals surface area contributed by atoms with Crippen molar-refractivity contribution in [2.24, 2.45) is 11.8 Å². The highest BCUT2D eigenvalue weighted by Crippen LogP contribution is 2.33. The van der Waals surface area contributed by atoms with Gasteiger partial charge in [-0.25, -0.2) is 0 Å². The maximum absolute atomic E-state index is 3.63. The Morgan fingerprint density at radius 2 is 1.69 bits per heavy atom. The van der Waals surface area contributed by atoms with Gasteiger partial charge in [0.1, 0.15) is 0 Å². The third-order valence-corrected chi connectivity index (χ3v) is 3.97. The molecule has 1 atom stereocenters. The highest BCUT2D eigenvalue weighted by molar-refractivity contribution is 9.09. The summed E-state index contributed by atoms with van der Waals surface area (Å²) >= 11 is 3.63. The Morgan fingerprint density at radius 3 is 2.15 bits per heavy atom. The molecule has 0 aromatic rings. The van der Waals surface area contributed by atoms with Crippen molar-refractivity contribution in [2.75, 3.05) is 0 Å². The van der Waals surface area contributed by atoms with E-state index in [9.17, 15) is 0 Å². The van der Waals surface area contributed by atoms with E-state index in [1.54, 1.807) is 0 Å². The first kappa shape index (κ1) is 11.6. The summed E-state index contributed by atoms with van der Waals surface area (Å²) in [6.07, 6.45) is 10.2. The second-order valence-electron chi connectivity index (χ2n) is 4.65. The van der Waals surface area contributed by atoms with Crippen LogP contribution in [0.1, 0.15) is 58.8 Å². The summed E-state index contributed by atoms with van der Waals surface area (Å²) in [6.45, 7) is 4.60. The fourth-order valence-electron chi connectivity index (χ4n) is 2.39. The zero-order valence-electron chi connectivity index (χ0n) is 9.06. The molecule has 0 N–H and O–H groups in total. The molecule has 0 heterocycles. The van der Waals surface area contributed by atoms with Crippen LogP contribution in [0.2, 0.25) is 0 Å². The molecule has 0 aromatic carbocycles. The second kappa shape index (κ2) is 6.06. The summed E-state index contributed by atoms with van der Waals surface area (Å²) in [7, 11) is 0. The minimum Gasteiger partial charge on any atom is -0.0894 e. The molecule has 1 unspecified atom stereocenters. The van der Waals surface area contributed by atoms with Gasteiger partial charge >= 0.3 is 0 Å². The van der Waals surface area contributed by atoms with Gasteiger partial charge in [-0.2, -0.15) is 0 Å². The molecule has 13 heavy (non-hydrogen) atoms. The van der Waals surface area contributed by atoms with Crippen molar-refractivity contribution < 1.29 is 0 Å². The van der Waals surface area contributed by atoms with Gasteiger partial charge in [-0.15, -0.1) is 0 Å². The zero-order valence-corrected chi connectivity index (χ0v) is 10.6. The van der Waals surface area contributed by atoms with Crippen LogP contribution < -0.4 is 0 Å². The summed E-state index contributed by atoms with van der Waals surface area (Å²) in [4.78, 5) is 0.719. The van der Waals surface area contributed by atoms with Crippen molar-refractivity contribution in [1.82, 2.24) is 0 Å². The molecule has 1 fully saturated rings. The number of hydrogen-bond acceptors (Lipinski definition) is 0. The van der Waals surface area contributed by atoms with E-state index < -0.39 is 0 Å². The van der Waals surface area contributed by atoms with Gasteiger partial charge in [-0.1, -0.05) is 61.9 Å². The monoisotopic (exact) mass is 246 g/mol. The van der Waals surface area contributed by atoms with Crippen LogP contribution in [0.3, 0.4) is 0 Å². The predicted molar refractivity (Wildman–Crippen MR) is 63.4 cm³/mol. The quantitative estimate of drug-likeness (QED) is 0.628. The minimum absolute atomic E-state index is 0.719. The topological polar surface area (TPSA) is 0 Å². The molecule has 0 bridgehead atoms. The van der Waals surface area contributed by atoms with Crippen molar-refractivity contribution >= 4 is 15.9 Å². The summed E-state index contributed by atoms with van der Waals surface area (Å²) in [5.74, 6) is 2.10. The molecule has 0 aliphatic heterocycles. The van der Waals surface area contributed by atoms with E-state index in [1.807, 2.05) is 0 Å².